The molecule has 0 fully saturated rings. The minimum absolute atomic E-state index is 0.0493. The predicted molar refractivity (Wildman–Crippen MR) is 75.7 cm³/mol. The zero-order chi connectivity index (χ0) is 13.8. The summed E-state index contributed by atoms with van der Waals surface area (Å²) in [5, 5.41) is 8.81. The molecule has 0 aliphatic rings. The molecule has 2 heterocycles. The Morgan fingerprint density at radius 3 is 3.05 bits per heavy atom. The summed E-state index contributed by atoms with van der Waals surface area (Å²) in [6, 6.07) is 0. The average Bonchev–Trinajstić information content (AvgIpc) is 2.93. The molecule has 2 rings (SSSR count). The number of nitrogens with zero attached hydrogens (tertiary/aromatic N) is 3. The van der Waals surface area contributed by atoms with E-state index in [0.29, 0.717) is 0 Å². The molecule has 0 spiro atoms. The second kappa shape index (κ2) is 6.21. The lowest BCUT2D eigenvalue weighted by Crippen LogP contribution is -1.99. The van der Waals surface area contributed by atoms with Crippen molar-refractivity contribution in [2.45, 2.75) is 36.9 Å². The summed E-state index contributed by atoms with van der Waals surface area (Å²) in [5.41, 5.74) is 0.814. The molecule has 5 nitrogen and oxygen atoms in total. The summed E-state index contributed by atoms with van der Waals surface area (Å²) in [7, 11) is 0. The van der Waals surface area contributed by atoms with Crippen LogP contribution in [0.2, 0.25) is 0 Å². The monoisotopic (exact) mass is 297 g/mol. The quantitative estimate of drug-likeness (QED) is 0.830. The largest absolute Gasteiger partial charge is 0.481 e. The Kier molecular flexibility index (Phi) is 4.60. The first-order valence-electron chi connectivity index (χ1n) is 5.91. The van der Waals surface area contributed by atoms with Crippen LogP contribution in [0.1, 0.15) is 23.3 Å². The highest BCUT2D eigenvalue weighted by atomic mass is 32.2. The second-order valence-electron chi connectivity index (χ2n) is 3.98. The van der Waals surface area contributed by atoms with Crippen molar-refractivity contribution in [2.24, 2.45) is 0 Å². The molecule has 1 N–H and O–H groups in total. The van der Waals surface area contributed by atoms with E-state index < -0.39 is 5.97 Å². The molecule has 0 radical (unpaired) electrons. The molecule has 7 heteroatoms. The van der Waals surface area contributed by atoms with Crippen LogP contribution in [0.25, 0.3) is 0 Å². The molecule has 2 aromatic rings. The molecule has 0 aliphatic heterocycles. The molecule has 0 saturated carbocycles. The summed E-state index contributed by atoms with van der Waals surface area (Å²) < 4.78 is 2.99. The second-order valence-corrected chi connectivity index (χ2v) is 6.28. The number of carbonyl (C=O) groups is 1. The van der Waals surface area contributed by atoms with E-state index >= 15 is 0 Å². The van der Waals surface area contributed by atoms with Gasteiger partial charge in [-0.15, -0.1) is 11.3 Å². The molecule has 0 bridgehead atoms. The van der Waals surface area contributed by atoms with Gasteiger partial charge in [-0.25, -0.2) is 9.97 Å². The van der Waals surface area contributed by atoms with Crippen LogP contribution in [0.15, 0.2) is 16.7 Å². The van der Waals surface area contributed by atoms with Gasteiger partial charge in [-0.2, -0.15) is 0 Å². The lowest BCUT2D eigenvalue weighted by molar-refractivity contribution is -0.136. The fourth-order valence-corrected chi connectivity index (χ4v) is 3.85. The molecular formula is C12H15N3O2S2. The van der Waals surface area contributed by atoms with Crippen molar-refractivity contribution in [1.82, 2.24) is 14.5 Å². The van der Waals surface area contributed by atoms with Crippen LogP contribution in [0, 0.1) is 6.92 Å². The van der Waals surface area contributed by atoms with Crippen LogP contribution < -0.4 is 0 Å². The maximum atomic E-state index is 10.7. The van der Waals surface area contributed by atoms with Crippen LogP contribution in [0.3, 0.4) is 0 Å². The van der Waals surface area contributed by atoms with Crippen LogP contribution in [-0.4, -0.2) is 25.6 Å². The SMILES string of the molecule is CCn1ccnc1CSc1nc(C)c(CC(=O)O)s1. The Morgan fingerprint density at radius 2 is 2.37 bits per heavy atom. The molecule has 0 aromatic carbocycles. The van der Waals surface area contributed by atoms with E-state index in [1.54, 1.807) is 18.0 Å². The van der Waals surface area contributed by atoms with Crippen molar-refractivity contribution in [3.8, 4) is 0 Å². The Balaban J connectivity index is 2.02. The lowest BCUT2D eigenvalue weighted by Gasteiger charge is -2.02. The third-order valence-corrected chi connectivity index (χ3v) is 4.95. The van der Waals surface area contributed by atoms with Crippen LogP contribution in [-0.2, 0) is 23.5 Å². The molecule has 0 aliphatic carbocycles. The number of imidazole rings is 1. The first kappa shape index (κ1) is 14.1. The van der Waals surface area contributed by atoms with Gasteiger partial charge in [-0.1, -0.05) is 11.8 Å². The zero-order valence-electron chi connectivity index (χ0n) is 10.8. The number of aliphatic carboxylic acids is 1. The highest BCUT2D eigenvalue weighted by molar-refractivity contribution is 8.00. The molecule has 19 heavy (non-hydrogen) atoms. The first-order valence-corrected chi connectivity index (χ1v) is 7.71. The fraction of sp³-hybridized carbons (Fsp3) is 0.417. The Bertz CT molecular complexity index is 577. The first-order chi connectivity index (χ1) is 9.10. The van der Waals surface area contributed by atoms with E-state index in [-0.39, 0.29) is 6.42 Å². The summed E-state index contributed by atoms with van der Waals surface area (Å²) in [4.78, 5) is 20.2. The average molecular weight is 297 g/mol. The van der Waals surface area contributed by atoms with Crippen molar-refractivity contribution < 1.29 is 9.90 Å². The van der Waals surface area contributed by atoms with Crippen LogP contribution >= 0.6 is 23.1 Å². The van der Waals surface area contributed by atoms with E-state index in [1.165, 1.54) is 11.3 Å². The number of carboxylic acids is 1. The van der Waals surface area contributed by atoms with Gasteiger partial charge < -0.3 is 9.67 Å². The minimum Gasteiger partial charge on any atom is -0.481 e. The summed E-state index contributed by atoms with van der Waals surface area (Å²) >= 11 is 3.06. The summed E-state index contributed by atoms with van der Waals surface area (Å²) in [5.74, 6) is 0.949. The summed E-state index contributed by atoms with van der Waals surface area (Å²) in [6.07, 6.45) is 3.80. The molecule has 0 amide bonds. The molecule has 0 unspecified atom stereocenters. The predicted octanol–water partition coefficient (Wildman–Crippen LogP) is 2.59. The Hall–Kier alpha value is -1.34. The zero-order valence-corrected chi connectivity index (χ0v) is 12.4. The smallest absolute Gasteiger partial charge is 0.308 e. The van der Waals surface area contributed by atoms with Gasteiger partial charge in [0.1, 0.15) is 5.82 Å². The third-order valence-electron chi connectivity index (χ3n) is 2.65. The number of aryl methyl sites for hydroxylation is 2. The minimum atomic E-state index is -0.815. The fourth-order valence-electron chi connectivity index (χ4n) is 1.66. The highest BCUT2D eigenvalue weighted by Gasteiger charge is 2.12. The highest BCUT2D eigenvalue weighted by Crippen LogP contribution is 2.29. The number of thiazole rings is 1. The van der Waals surface area contributed by atoms with Gasteiger partial charge in [-0.05, 0) is 13.8 Å². The maximum absolute atomic E-state index is 10.7. The number of rotatable bonds is 6. The molecule has 0 saturated heterocycles. The van der Waals surface area contributed by atoms with Gasteiger partial charge >= 0.3 is 5.97 Å². The van der Waals surface area contributed by atoms with Crippen molar-refractivity contribution in [3.63, 3.8) is 0 Å². The van der Waals surface area contributed by atoms with E-state index in [0.717, 1.165) is 33.0 Å². The number of thioether (sulfide) groups is 1. The topological polar surface area (TPSA) is 68.0 Å². The van der Waals surface area contributed by atoms with E-state index in [9.17, 15) is 4.79 Å². The molecular weight excluding hydrogens is 282 g/mol. The number of carboxylic acid groups (broad SMARTS) is 1. The Morgan fingerprint density at radius 1 is 1.58 bits per heavy atom. The number of aromatic nitrogens is 3. The van der Waals surface area contributed by atoms with E-state index in [2.05, 4.69) is 21.5 Å². The van der Waals surface area contributed by atoms with Gasteiger partial charge in [-0.3, -0.25) is 4.79 Å². The normalized spacial score (nSPS) is 10.8. The van der Waals surface area contributed by atoms with Crippen molar-refractivity contribution in [3.05, 3.63) is 28.8 Å². The van der Waals surface area contributed by atoms with Gasteiger partial charge in [0.2, 0.25) is 0 Å². The lowest BCUT2D eigenvalue weighted by atomic mass is 10.3. The van der Waals surface area contributed by atoms with Crippen LogP contribution in [0.4, 0.5) is 0 Å². The molecule has 2 aromatic heterocycles. The van der Waals surface area contributed by atoms with Crippen molar-refractivity contribution in [1.29, 1.82) is 0 Å². The van der Waals surface area contributed by atoms with E-state index in [4.69, 9.17) is 5.11 Å². The van der Waals surface area contributed by atoms with Crippen LogP contribution in [0.5, 0.6) is 0 Å². The molecule has 0 atom stereocenters. The van der Waals surface area contributed by atoms with Gasteiger partial charge in [0, 0.05) is 23.8 Å². The third kappa shape index (κ3) is 3.57. The number of hydrogen-bond donors (Lipinski definition) is 1. The van der Waals surface area contributed by atoms with Gasteiger partial charge in [0.25, 0.3) is 0 Å². The molecule has 102 valence electrons. The van der Waals surface area contributed by atoms with Crippen molar-refractivity contribution in [2.75, 3.05) is 0 Å². The van der Waals surface area contributed by atoms with Gasteiger partial charge in [0.05, 0.1) is 17.9 Å². The maximum Gasteiger partial charge on any atom is 0.308 e. The summed E-state index contributed by atoms with van der Waals surface area (Å²) in [6.45, 7) is 4.83. The number of hydrogen-bond acceptors (Lipinski definition) is 5. The Labute approximate surface area is 119 Å². The van der Waals surface area contributed by atoms with E-state index in [1.807, 2.05) is 13.1 Å². The standard InChI is InChI=1S/C12H15N3O2S2/c1-3-15-5-4-13-10(15)7-18-12-14-8(2)9(19-12)6-11(16)17/h4-5H,3,6-7H2,1-2H3,(H,16,17). The van der Waals surface area contributed by atoms with Gasteiger partial charge in [0.15, 0.2) is 4.34 Å². The van der Waals surface area contributed by atoms with Crippen molar-refractivity contribution >= 4 is 29.1 Å².